The number of aromatic nitrogens is 4. The van der Waals surface area contributed by atoms with E-state index in [0.29, 0.717) is 31.0 Å². The molecule has 0 amide bonds. The summed E-state index contributed by atoms with van der Waals surface area (Å²) in [6.07, 6.45) is 3.82. The molecular formula is C16H19N5O3. The molecular weight excluding hydrogens is 310 g/mol. The van der Waals surface area contributed by atoms with Crippen molar-refractivity contribution in [1.29, 1.82) is 0 Å². The van der Waals surface area contributed by atoms with E-state index in [1.807, 2.05) is 30.3 Å². The summed E-state index contributed by atoms with van der Waals surface area (Å²) >= 11 is 0. The zero-order valence-electron chi connectivity index (χ0n) is 13.2. The third kappa shape index (κ3) is 4.40. The third-order valence-corrected chi connectivity index (χ3v) is 3.22. The molecule has 8 heteroatoms. The van der Waals surface area contributed by atoms with Crippen molar-refractivity contribution < 1.29 is 14.3 Å². The monoisotopic (exact) mass is 329 g/mol. The SMILES string of the molecule is Nc1ncc2ncn(OCCCOCOCc3ccccc3)c2n1. The number of fused-ring (bicyclic) bond motifs is 1. The molecule has 2 heterocycles. The van der Waals surface area contributed by atoms with Gasteiger partial charge < -0.3 is 20.0 Å². The maximum Gasteiger partial charge on any atom is 0.222 e. The van der Waals surface area contributed by atoms with E-state index in [1.54, 1.807) is 12.5 Å². The van der Waals surface area contributed by atoms with E-state index in [1.165, 1.54) is 4.73 Å². The molecule has 3 aromatic rings. The molecule has 1 aromatic carbocycles. The highest BCUT2D eigenvalue weighted by Gasteiger charge is 2.05. The number of rotatable bonds is 9. The third-order valence-electron chi connectivity index (χ3n) is 3.22. The molecule has 2 aromatic heterocycles. The lowest BCUT2D eigenvalue weighted by Crippen LogP contribution is -2.14. The van der Waals surface area contributed by atoms with Crippen LogP contribution in [0.4, 0.5) is 5.95 Å². The van der Waals surface area contributed by atoms with Crippen molar-refractivity contribution in [3.8, 4) is 0 Å². The van der Waals surface area contributed by atoms with Gasteiger partial charge in [-0.2, -0.15) is 9.71 Å². The summed E-state index contributed by atoms with van der Waals surface area (Å²) < 4.78 is 12.3. The standard InChI is InChI=1S/C16H19N5O3/c17-16-18-9-14-15(20-16)21(11-19-14)24-8-4-7-22-12-23-10-13-5-2-1-3-6-13/h1-3,5-6,9,11H,4,7-8,10,12H2,(H2,17,18,20). The van der Waals surface area contributed by atoms with Crippen LogP contribution in [-0.2, 0) is 16.1 Å². The van der Waals surface area contributed by atoms with E-state index < -0.39 is 0 Å². The molecule has 0 radical (unpaired) electrons. The molecule has 0 saturated heterocycles. The molecule has 0 bridgehead atoms. The van der Waals surface area contributed by atoms with Crippen LogP contribution in [0, 0.1) is 0 Å². The van der Waals surface area contributed by atoms with Gasteiger partial charge in [-0.15, -0.1) is 0 Å². The molecule has 0 atom stereocenters. The van der Waals surface area contributed by atoms with Gasteiger partial charge in [-0.25, -0.2) is 9.97 Å². The van der Waals surface area contributed by atoms with Crippen LogP contribution in [0.15, 0.2) is 42.9 Å². The second-order valence-electron chi connectivity index (χ2n) is 5.05. The van der Waals surface area contributed by atoms with Gasteiger partial charge in [0.2, 0.25) is 11.6 Å². The molecule has 0 aliphatic heterocycles. The van der Waals surface area contributed by atoms with Gasteiger partial charge in [-0.05, 0) is 5.56 Å². The summed E-state index contributed by atoms with van der Waals surface area (Å²) in [5.74, 6) is 0.187. The molecule has 0 fully saturated rings. The van der Waals surface area contributed by atoms with Crippen LogP contribution in [0.5, 0.6) is 0 Å². The predicted octanol–water partition coefficient (Wildman–Crippen LogP) is 1.42. The minimum atomic E-state index is 0.187. The second kappa shape index (κ2) is 8.23. The zero-order chi connectivity index (χ0) is 16.6. The number of benzene rings is 1. The van der Waals surface area contributed by atoms with E-state index in [4.69, 9.17) is 20.0 Å². The van der Waals surface area contributed by atoms with E-state index in [-0.39, 0.29) is 12.7 Å². The molecule has 0 aliphatic carbocycles. The molecule has 3 rings (SSSR count). The van der Waals surface area contributed by atoms with Gasteiger partial charge in [0.1, 0.15) is 25.2 Å². The van der Waals surface area contributed by atoms with Crippen LogP contribution in [0.25, 0.3) is 11.2 Å². The topological polar surface area (TPSA) is 97.3 Å². The lowest BCUT2D eigenvalue weighted by molar-refractivity contribution is -0.0657. The largest absolute Gasteiger partial charge is 0.411 e. The summed E-state index contributed by atoms with van der Waals surface area (Å²) in [7, 11) is 0. The average Bonchev–Trinajstić information content (AvgIpc) is 3.00. The number of ether oxygens (including phenoxy) is 2. The second-order valence-corrected chi connectivity index (χ2v) is 5.05. The number of hydrogen-bond donors (Lipinski definition) is 1. The summed E-state index contributed by atoms with van der Waals surface area (Å²) in [4.78, 5) is 17.7. The molecule has 0 saturated carbocycles. The van der Waals surface area contributed by atoms with Gasteiger partial charge in [0.15, 0.2) is 0 Å². The lowest BCUT2D eigenvalue weighted by Gasteiger charge is -2.08. The first-order valence-corrected chi connectivity index (χ1v) is 7.61. The number of imidazole rings is 1. The Hall–Kier alpha value is -2.71. The highest BCUT2D eigenvalue weighted by atomic mass is 16.7. The molecule has 2 N–H and O–H groups in total. The van der Waals surface area contributed by atoms with Crippen LogP contribution < -0.4 is 10.6 Å². The Morgan fingerprint density at radius 2 is 1.92 bits per heavy atom. The Kier molecular flexibility index (Phi) is 5.54. The van der Waals surface area contributed by atoms with Crippen molar-refractivity contribution in [3.63, 3.8) is 0 Å². The van der Waals surface area contributed by atoms with Crippen molar-refractivity contribution in [1.82, 2.24) is 19.7 Å². The number of hydrogen-bond acceptors (Lipinski definition) is 7. The molecule has 8 nitrogen and oxygen atoms in total. The zero-order valence-corrected chi connectivity index (χ0v) is 13.2. The first-order chi connectivity index (χ1) is 11.8. The molecule has 24 heavy (non-hydrogen) atoms. The van der Waals surface area contributed by atoms with Gasteiger partial charge in [-0.1, -0.05) is 30.3 Å². The fraction of sp³-hybridized carbons (Fsp3) is 0.312. The van der Waals surface area contributed by atoms with Crippen LogP contribution >= 0.6 is 0 Å². The Balaban J connectivity index is 1.30. The van der Waals surface area contributed by atoms with Crippen molar-refractivity contribution in [2.75, 3.05) is 25.7 Å². The Morgan fingerprint density at radius 3 is 2.79 bits per heavy atom. The van der Waals surface area contributed by atoms with E-state index in [9.17, 15) is 0 Å². The maximum atomic E-state index is 5.58. The average molecular weight is 329 g/mol. The number of nitrogens with zero attached hydrogens (tertiary/aromatic N) is 4. The highest BCUT2D eigenvalue weighted by molar-refractivity contribution is 5.70. The smallest absolute Gasteiger partial charge is 0.222 e. The summed E-state index contributed by atoms with van der Waals surface area (Å²) in [6.45, 7) is 1.80. The number of anilines is 1. The molecule has 0 aliphatic rings. The van der Waals surface area contributed by atoms with Gasteiger partial charge in [0, 0.05) is 6.42 Å². The Bertz CT molecular complexity index is 763. The predicted molar refractivity (Wildman–Crippen MR) is 87.8 cm³/mol. The van der Waals surface area contributed by atoms with Crippen LogP contribution in [0.2, 0.25) is 0 Å². The van der Waals surface area contributed by atoms with Gasteiger partial charge in [0.25, 0.3) is 0 Å². The summed E-state index contributed by atoms with van der Waals surface area (Å²) in [5, 5.41) is 0. The fourth-order valence-electron chi connectivity index (χ4n) is 2.07. The molecule has 0 spiro atoms. The van der Waals surface area contributed by atoms with Gasteiger partial charge in [-0.3, -0.25) is 0 Å². The molecule has 0 unspecified atom stereocenters. The minimum absolute atomic E-state index is 0.187. The van der Waals surface area contributed by atoms with Crippen LogP contribution in [0.3, 0.4) is 0 Å². The van der Waals surface area contributed by atoms with Crippen LogP contribution in [0.1, 0.15) is 12.0 Å². The summed E-state index contributed by atoms with van der Waals surface area (Å²) in [6, 6.07) is 9.97. The lowest BCUT2D eigenvalue weighted by atomic mass is 10.2. The quantitative estimate of drug-likeness (QED) is 0.468. The van der Waals surface area contributed by atoms with Gasteiger partial charge >= 0.3 is 0 Å². The molecule has 126 valence electrons. The minimum Gasteiger partial charge on any atom is -0.411 e. The first-order valence-electron chi connectivity index (χ1n) is 7.61. The highest BCUT2D eigenvalue weighted by Crippen LogP contribution is 2.08. The van der Waals surface area contributed by atoms with Crippen LogP contribution in [-0.4, -0.2) is 39.7 Å². The number of nitrogens with two attached hydrogens (primary N) is 1. The first kappa shape index (κ1) is 16.2. The maximum absolute atomic E-state index is 5.58. The fourth-order valence-corrected chi connectivity index (χ4v) is 2.07. The van der Waals surface area contributed by atoms with Gasteiger partial charge in [0.05, 0.1) is 19.4 Å². The van der Waals surface area contributed by atoms with Crippen molar-refractivity contribution >= 4 is 17.1 Å². The van der Waals surface area contributed by atoms with E-state index in [2.05, 4.69) is 15.0 Å². The van der Waals surface area contributed by atoms with E-state index in [0.717, 1.165) is 12.0 Å². The van der Waals surface area contributed by atoms with Crippen molar-refractivity contribution in [3.05, 3.63) is 48.4 Å². The Labute approximate surface area is 139 Å². The Morgan fingerprint density at radius 1 is 1.04 bits per heavy atom. The van der Waals surface area contributed by atoms with Crippen molar-refractivity contribution in [2.24, 2.45) is 0 Å². The number of nitrogen functional groups attached to an aromatic ring is 1. The van der Waals surface area contributed by atoms with Crippen molar-refractivity contribution in [2.45, 2.75) is 13.0 Å². The normalized spacial score (nSPS) is 11.0. The summed E-state index contributed by atoms with van der Waals surface area (Å²) in [5.41, 5.74) is 7.87. The van der Waals surface area contributed by atoms with E-state index >= 15 is 0 Å².